The molecule has 0 bridgehead atoms. The summed E-state index contributed by atoms with van der Waals surface area (Å²) in [5.41, 5.74) is 14.2. The molecule has 0 unspecified atom stereocenters. The van der Waals surface area contributed by atoms with Crippen molar-refractivity contribution < 1.29 is 0 Å². The molecular weight excluding hydrogens is 653 g/mol. The van der Waals surface area contributed by atoms with Gasteiger partial charge in [-0.1, -0.05) is 164 Å². The van der Waals surface area contributed by atoms with Crippen molar-refractivity contribution in [3.8, 4) is 11.1 Å². The first-order valence-electron chi connectivity index (χ1n) is 18.6. The summed E-state index contributed by atoms with van der Waals surface area (Å²) in [5, 5.41) is 0. The molecule has 0 aromatic heterocycles. The lowest BCUT2D eigenvalue weighted by Gasteiger charge is -2.28. The van der Waals surface area contributed by atoms with Gasteiger partial charge in [0.05, 0.1) is 0 Å². The van der Waals surface area contributed by atoms with Gasteiger partial charge in [0.1, 0.15) is 0 Å². The van der Waals surface area contributed by atoms with Gasteiger partial charge in [-0.2, -0.15) is 0 Å². The lowest BCUT2D eigenvalue weighted by atomic mass is 10.0. The van der Waals surface area contributed by atoms with E-state index in [0.29, 0.717) is 0 Å². The van der Waals surface area contributed by atoms with Gasteiger partial charge >= 0.3 is 0 Å². The number of allylic oxidation sites excluding steroid dienone is 4. The third kappa shape index (κ3) is 8.25. The van der Waals surface area contributed by atoms with E-state index in [0.717, 1.165) is 35.5 Å². The maximum absolute atomic E-state index is 2.36. The number of para-hydroxylation sites is 3. The minimum atomic E-state index is 1.03. The van der Waals surface area contributed by atoms with Crippen molar-refractivity contribution in [2.24, 2.45) is 0 Å². The first-order valence-corrected chi connectivity index (χ1v) is 18.6. The number of anilines is 5. The highest BCUT2D eigenvalue weighted by atomic mass is 15.1. The van der Waals surface area contributed by atoms with Gasteiger partial charge in [-0.05, 0) is 113 Å². The van der Waals surface area contributed by atoms with Gasteiger partial charge in [-0.25, -0.2) is 0 Å². The monoisotopic (exact) mass is 694 g/mol. The van der Waals surface area contributed by atoms with Gasteiger partial charge in [0.2, 0.25) is 0 Å². The molecule has 2 nitrogen and oxygen atoms in total. The van der Waals surface area contributed by atoms with Gasteiger partial charge in [-0.15, -0.1) is 0 Å². The van der Waals surface area contributed by atoms with Crippen molar-refractivity contribution in [3.63, 3.8) is 0 Å². The van der Waals surface area contributed by atoms with Crippen LogP contribution < -0.4 is 9.80 Å². The SMILES string of the molecule is C1=CCCC(N(c2ccccc2)c2ccc(/C=C/c3ccc(-c4ccc(/C=C/c5ccc(N(c6ccccc6)c6ccccc6)cc5)cc4)cc3)cc2)=C1. The molecule has 0 amide bonds. The second-order valence-corrected chi connectivity index (χ2v) is 13.4. The summed E-state index contributed by atoms with van der Waals surface area (Å²) in [5.74, 6) is 0. The van der Waals surface area contributed by atoms with Crippen molar-refractivity contribution in [3.05, 3.63) is 234 Å². The summed E-state index contributed by atoms with van der Waals surface area (Å²) >= 11 is 0. The van der Waals surface area contributed by atoms with Crippen LogP contribution in [0.1, 0.15) is 35.1 Å². The van der Waals surface area contributed by atoms with Gasteiger partial charge in [0.15, 0.2) is 0 Å². The first-order chi connectivity index (χ1) is 26.8. The zero-order valence-electron chi connectivity index (χ0n) is 30.2. The Morgan fingerprint density at radius 3 is 1.04 bits per heavy atom. The fraction of sp³-hybridized carbons (Fsp3) is 0.0385. The molecule has 7 aromatic carbocycles. The standard InChI is InChI=1S/C52H42N2/c1-5-13-47(14-6-1)53(48-15-7-2-8-16-48)51-37-29-43(30-38-51)23-21-41-25-33-45(34-26-41)46-35-27-42(28-36-46)22-24-44-31-39-52(40-32-44)54(49-17-9-3-10-18-49)50-19-11-4-12-20-50/h1-11,13-19,21-40H,12,20H2/b23-21+,24-22+. The summed E-state index contributed by atoms with van der Waals surface area (Å²) in [4.78, 5) is 4.64. The summed E-state index contributed by atoms with van der Waals surface area (Å²) < 4.78 is 0. The number of hydrogen-bond donors (Lipinski definition) is 0. The topological polar surface area (TPSA) is 6.48 Å². The Balaban J connectivity index is 0.901. The molecule has 0 N–H and O–H groups in total. The van der Waals surface area contributed by atoms with Crippen molar-refractivity contribution in [1.82, 2.24) is 0 Å². The molecule has 8 rings (SSSR count). The van der Waals surface area contributed by atoms with Crippen LogP contribution in [-0.2, 0) is 0 Å². The average molecular weight is 695 g/mol. The summed E-state index contributed by atoms with van der Waals surface area (Å²) in [6, 6.07) is 66.7. The van der Waals surface area contributed by atoms with E-state index < -0.39 is 0 Å². The van der Waals surface area contributed by atoms with Crippen LogP contribution in [0.4, 0.5) is 28.4 Å². The predicted molar refractivity (Wildman–Crippen MR) is 232 cm³/mol. The van der Waals surface area contributed by atoms with Gasteiger partial charge in [0, 0.05) is 34.1 Å². The van der Waals surface area contributed by atoms with E-state index in [1.807, 2.05) is 0 Å². The molecule has 0 saturated carbocycles. The fourth-order valence-corrected chi connectivity index (χ4v) is 6.86. The molecule has 0 aliphatic heterocycles. The predicted octanol–water partition coefficient (Wildman–Crippen LogP) is 14.5. The molecular formula is C52H42N2. The smallest absolute Gasteiger partial charge is 0.0462 e. The maximum atomic E-state index is 2.36. The molecule has 0 atom stereocenters. The molecule has 0 saturated heterocycles. The van der Waals surface area contributed by atoms with E-state index in [4.69, 9.17) is 0 Å². The van der Waals surface area contributed by atoms with E-state index >= 15 is 0 Å². The van der Waals surface area contributed by atoms with E-state index in [2.05, 4.69) is 240 Å². The van der Waals surface area contributed by atoms with E-state index in [-0.39, 0.29) is 0 Å². The van der Waals surface area contributed by atoms with Crippen LogP contribution in [0.3, 0.4) is 0 Å². The molecule has 0 heterocycles. The van der Waals surface area contributed by atoms with Crippen LogP contribution in [0.25, 0.3) is 35.4 Å². The quantitative estimate of drug-likeness (QED) is 0.124. The highest BCUT2D eigenvalue weighted by molar-refractivity contribution is 5.79. The molecule has 1 aliphatic carbocycles. The molecule has 0 spiro atoms. The normalized spacial score (nSPS) is 12.6. The molecule has 0 radical (unpaired) electrons. The van der Waals surface area contributed by atoms with Gasteiger partial charge in [-0.3, -0.25) is 0 Å². The highest BCUT2D eigenvalue weighted by Gasteiger charge is 2.15. The fourth-order valence-electron chi connectivity index (χ4n) is 6.86. The van der Waals surface area contributed by atoms with Crippen molar-refractivity contribution in [2.45, 2.75) is 12.8 Å². The Morgan fingerprint density at radius 1 is 0.333 bits per heavy atom. The van der Waals surface area contributed by atoms with Crippen LogP contribution >= 0.6 is 0 Å². The van der Waals surface area contributed by atoms with Crippen molar-refractivity contribution in [1.29, 1.82) is 0 Å². The lowest BCUT2D eigenvalue weighted by Crippen LogP contribution is -2.17. The zero-order valence-corrected chi connectivity index (χ0v) is 30.2. The number of nitrogens with zero attached hydrogens (tertiary/aromatic N) is 2. The Kier molecular flexibility index (Phi) is 10.5. The largest absolute Gasteiger partial charge is 0.314 e. The van der Waals surface area contributed by atoms with Crippen LogP contribution in [0.2, 0.25) is 0 Å². The second kappa shape index (κ2) is 16.6. The van der Waals surface area contributed by atoms with E-state index in [1.54, 1.807) is 0 Å². The Labute approximate surface area is 319 Å². The third-order valence-electron chi connectivity index (χ3n) is 9.72. The van der Waals surface area contributed by atoms with Crippen LogP contribution in [0.15, 0.2) is 212 Å². The summed E-state index contributed by atoms with van der Waals surface area (Å²) in [6.45, 7) is 0. The minimum Gasteiger partial charge on any atom is -0.314 e. The molecule has 0 fully saturated rings. The third-order valence-corrected chi connectivity index (χ3v) is 9.72. The average Bonchev–Trinajstić information content (AvgIpc) is 3.25. The minimum absolute atomic E-state index is 1.03. The van der Waals surface area contributed by atoms with E-state index in [9.17, 15) is 0 Å². The van der Waals surface area contributed by atoms with Crippen molar-refractivity contribution in [2.75, 3.05) is 9.80 Å². The molecule has 7 aromatic rings. The summed E-state index contributed by atoms with van der Waals surface area (Å²) in [6.07, 6.45) is 17.4. The van der Waals surface area contributed by atoms with Crippen LogP contribution in [-0.4, -0.2) is 0 Å². The molecule has 2 heteroatoms. The maximum Gasteiger partial charge on any atom is 0.0462 e. The number of hydrogen-bond acceptors (Lipinski definition) is 2. The van der Waals surface area contributed by atoms with Gasteiger partial charge < -0.3 is 9.80 Å². The Bertz CT molecular complexity index is 2330. The second-order valence-electron chi connectivity index (χ2n) is 13.4. The lowest BCUT2D eigenvalue weighted by molar-refractivity contribution is 0.917. The van der Waals surface area contributed by atoms with Crippen LogP contribution in [0, 0.1) is 0 Å². The number of benzene rings is 7. The molecule has 260 valence electrons. The molecule has 1 aliphatic rings. The Morgan fingerprint density at radius 2 is 0.667 bits per heavy atom. The Hall–Kier alpha value is -6.90. The van der Waals surface area contributed by atoms with Crippen molar-refractivity contribution >= 4 is 52.7 Å². The van der Waals surface area contributed by atoms with Gasteiger partial charge in [0.25, 0.3) is 0 Å². The van der Waals surface area contributed by atoms with Crippen LogP contribution in [0.5, 0.6) is 0 Å². The zero-order chi connectivity index (χ0) is 36.4. The first kappa shape index (κ1) is 34.2. The van der Waals surface area contributed by atoms with E-state index in [1.165, 1.54) is 44.9 Å². The highest BCUT2D eigenvalue weighted by Crippen LogP contribution is 2.35. The molecule has 54 heavy (non-hydrogen) atoms. The number of rotatable bonds is 11. The summed E-state index contributed by atoms with van der Waals surface area (Å²) in [7, 11) is 0.